The van der Waals surface area contributed by atoms with Crippen molar-refractivity contribution in [1.82, 2.24) is 14.9 Å². The zero-order chi connectivity index (χ0) is 20.3. The first-order valence-corrected chi connectivity index (χ1v) is 11.7. The molecule has 1 saturated heterocycles. The van der Waals surface area contributed by atoms with Gasteiger partial charge in [0.1, 0.15) is 0 Å². The van der Waals surface area contributed by atoms with E-state index < -0.39 is 10.0 Å². The van der Waals surface area contributed by atoms with Crippen molar-refractivity contribution in [2.45, 2.75) is 42.7 Å². The molecule has 2 fully saturated rings. The molecule has 0 amide bonds. The fourth-order valence-electron chi connectivity index (χ4n) is 3.74. The fraction of sp³-hybridized carbons (Fsp3) is 0.409. The minimum Gasteiger partial charge on any atom is -0.352 e. The van der Waals surface area contributed by atoms with Crippen molar-refractivity contribution in [1.29, 1.82) is 0 Å². The van der Waals surface area contributed by atoms with E-state index in [1.807, 2.05) is 12.1 Å². The number of hydrogen-bond donors (Lipinski definition) is 2. The number of nitrogens with zero attached hydrogens (tertiary/aromatic N) is 2. The molecule has 1 aliphatic heterocycles. The maximum absolute atomic E-state index is 12.3. The van der Waals surface area contributed by atoms with Crippen molar-refractivity contribution < 1.29 is 8.42 Å². The molecule has 1 saturated carbocycles. The molecule has 0 spiro atoms. The van der Waals surface area contributed by atoms with Crippen LogP contribution in [0, 0.1) is 0 Å². The Morgan fingerprint density at radius 3 is 2.45 bits per heavy atom. The average molecular weight is 413 g/mol. The largest absolute Gasteiger partial charge is 0.352 e. The van der Waals surface area contributed by atoms with Gasteiger partial charge >= 0.3 is 0 Å². The lowest BCUT2D eigenvalue weighted by atomic mass is 9.99. The second-order valence-corrected chi connectivity index (χ2v) is 9.50. The molecule has 1 heterocycles. The van der Waals surface area contributed by atoms with Gasteiger partial charge in [-0.3, -0.25) is 4.99 Å². The molecule has 0 radical (unpaired) electrons. The number of sulfonamides is 1. The molecule has 6 nitrogen and oxygen atoms in total. The summed E-state index contributed by atoms with van der Waals surface area (Å²) >= 11 is 0. The van der Waals surface area contributed by atoms with Gasteiger partial charge in [-0.25, -0.2) is 13.1 Å². The average Bonchev–Trinajstić information content (AvgIpc) is 3.40. The second-order valence-electron chi connectivity index (χ2n) is 7.78. The maximum atomic E-state index is 12.3. The molecule has 2 aromatic carbocycles. The third-order valence-electron chi connectivity index (χ3n) is 5.55. The summed E-state index contributed by atoms with van der Waals surface area (Å²) in [7, 11) is -1.59. The number of guanidine groups is 1. The molecule has 1 aliphatic carbocycles. The number of benzene rings is 2. The molecule has 1 atom stereocenters. The monoisotopic (exact) mass is 412 g/mol. The van der Waals surface area contributed by atoms with Gasteiger partial charge < -0.3 is 10.2 Å². The lowest BCUT2D eigenvalue weighted by Crippen LogP contribution is -2.39. The van der Waals surface area contributed by atoms with E-state index in [2.05, 4.69) is 50.3 Å². The Balaban J connectivity index is 1.33. The van der Waals surface area contributed by atoms with Gasteiger partial charge in [-0.05, 0) is 42.5 Å². The molecular weight excluding hydrogens is 384 g/mol. The van der Waals surface area contributed by atoms with Gasteiger partial charge in [-0.2, -0.15) is 0 Å². The minimum atomic E-state index is -3.40. The van der Waals surface area contributed by atoms with Gasteiger partial charge in [0, 0.05) is 38.6 Å². The Bertz CT molecular complexity index is 954. The van der Waals surface area contributed by atoms with Crippen LogP contribution in [0.15, 0.2) is 64.5 Å². The van der Waals surface area contributed by atoms with Gasteiger partial charge in [0.15, 0.2) is 5.96 Å². The quantitative estimate of drug-likeness (QED) is 0.565. The van der Waals surface area contributed by atoms with Crippen LogP contribution >= 0.6 is 0 Å². The zero-order valence-corrected chi connectivity index (χ0v) is 17.5. The summed E-state index contributed by atoms with van der Waals surface area (Å²) in [6, 6.07) is 17.8. The molecule has 1 unspecified atom stereocenters. The summed E-state index contributed by atoms with van der Waals surface area (Å²) in [6.45, 7) is 2.53. The number of nitrogens with one attached hydrogen (secondary N) is 2. The van der Waals surface area contributed by atoms with Crippen LogP contribution in [0.2, 0.25) is 0 Å². The van der Waals surface area contributed by atoms with Crippen molar-refractivity contribution in [2.24, 2.45) is 4.99 Å². The molecule has 154 valence electrons. The molecular formula is C22H28N4O2S. The van der Waals surface area contributed by atoms with Gasteiger partial charge in [0.05, 0.1) is 4.90 Å². The molecule has 7 heteroatoms. The summed E-state index contributed by atoms with van der Waals surface area (Å²) in [5.74, 6) is 1.41. The highest BCUT2D eigenvalue weighted by Crippen LogP contribution is 2.27. The Morgan fingerprint density at radius 1 is 1.07 bits per heavy atom. The lowest BCUT2D eigenvalue weighted by molar-refractivity contribution is 0.486. The van der Waals surface area contributed by atoms with Gasteiger partial charge in [-0.1, -0.05) is 42.5 Å². The van der Waals surface area contributed by atoms with E-state index in [0.717, 1.165) is 43.9 Å². The summed E-state index contributed by atoms with van der Waals surface area (Å²) in [5.41, 5.74) is 2.40. The first kappa shape index (κ1) is 19.9. The number of rotatable bonds is 6. The topological polar surface area (TPSA) is 73.8 Å². The third-order valence-corrected chi connectivity index (χ3v) is 7.09. The zero-order valence-electron chi connectivity index (χ0n) is 16.7. The minimum absolute atomic E-state index is 0.116. The summed E-state index contributed by atoms with van der Waals surface area (Å²) < 4.78 is 27.3. The molecule has 29 heavy (non-hydrogen) atoms. The van der Waals surface area contributed by atoms with Crippen molar-refractivity contribution in [3.8, 4) is 0 Å². The summed E-state index contributed by atoms with van der Waals surface area (Å²) in [5, 5.41) is 3.41. The predicted molar refractivity (Wildman–Crippen MR) is 115 cm³/mol. The van der Waals surface area contributed by atoms with Crippen LogP contribution in [0.5, 0.6) is 0 Å². The Labute approximate surface area is 173 Å². The van der Waals surface area contributed by atoms with Gasteiger partial charge in [0.25, 0.3) is 0 Å². The number of likely N-dealkylation sites (tertiary alicyclic amines) is 1. The number of hydrogen-bond acceptors (Lipinski definition) is 3. The number of aliphatic imine (C=N–C) groups is 1. The first-order chi connectivity index (χ1) is 14.0. The lowest BCUT2D eigenvalue weighted by Gasteiger charge is -2.22. The van der Waals surface area contributed by atoms with Crippen molar-refractivity contribution >= 4 is 16.0 Å². The molecule has 0 aromatic heterocycles. The fourth-order valence-corrected chi connectivity index (χ4v) is 5.04. The highest BCUT2D eigenvalue weighted by Gasteiger charge is 2.28. The summed E-state index contributed by atoms with van der Waals surface area (Å²) in [4.78, 5) is 7.04. The van der Waals surface area contributed by atoms with E-state index in [1.165, 1.54) is 5.56 Å². The van der Waals surface area contributed by atoms with Gasteiger partial charge in [0.2, 0.25) is 10.0 Å². The van der Waals surface area contributed by atoms with E-state index in [-0.39, 0.29) is 6.04 Å². The molecule has 2 aromatic rings. The Hall–Kier alpha value is -2.38. The molecule has 4 rings (SSSR count). The van der Waals surface area contributed by atoms with Crippen LogP contribution in [-0.4, -0.2) is 45.5 Å². The highest BCUT2D eigenvalue weighted by molar-refractivity contribution is 7.89. The highest BCUT2D eigenvalue weighted by atomic mass is 32.2. The summed E-state index contributed by atoms with van der Waals surface area (Å²) in [6.07, 6.45) is 2.98. The van der Waals surface area contributed by atoms with Crippen molar-refractivity contribution in [3.05, 3.63) is 65.7 Å². The normalized spacial score (nSPS) is 20.1. The van der Waals surface area contributed by atoms with Crippen LogP contribution in [-0.2, 0) is 16.6 Å². The van der Waals surface area contributed by atoms with Gasteiger partial charge in [-0.15, -0.1) is 0 Å². The van der Waals surface area contributed by atoms with E-state index >= 15 is 0 Å². The third kappa shape index (κ3) is 4.97. The van der Waals surface area contributed by atoms with Crippen LogP contribution in [0.25, 0.3) is 0 Å². The smallest absolute Gasteiger partial charge is 0.240 e. The van der Waals surface area contributed by atoms with E-state index in [1.54, 1.807) is 19.2 Å². The van der Waals surface area contributed by atoms with Crippen LogP contribution in [0.3, 0.4) is 0 Å². The Morgan fingerprint density at radius 2 is 1.79 bits per heavy atom. The van der Waals surface area contributed by atoms with Crippen molar-refractivity contribution in [3.63, 3.8) is 0 Å². The molecule has 2 N–H and O–H groups in total. The molecule has 2 aliphatic rings. The maximum Gasteiger partial charge on any atom is 0.240 e. The molecule has 0 bridgehead atoms. The van der Waals surface area contributed by atoms with Crippen LogP contribution in [0.4, 0.5) is 0 Å². The van der Waals surface area contributed by atoms with Crippen LogP contribution < -0.4 is 10.0 Å². The van der Waals surface area contributed by atoms with Crippen LogP contribution in [0.1, 0.15) is 36.3 Å². The van der Waals surface area contributed by atoms with E-state index in [9.17, 15) is 8.42 Å². The predicted octanol–water partition coefficient (Wildman–Crippen LogP) is 2.69. The van der Waals surface area contributed by atoms with Crippen molar-refractivity contribution in [2.75, 3.05) is 20.1 Å². The van der Waals surface area contributed by atoms with E-state index in [4.69, 9.17) is 0 Å². The Kier molecular flexibility index (Phi) is 5.87. The van der Waals surface area contributed by atoms with E-state index in [0.29, 0.717) is 17.4 Å². The SMILES string of the molecule is CN=C(NCc1ccc(S(=O)(=O)NC2CC2)cc1)N1CCC(c2ccccc2)C1. The standard InChI is InChI=1S/C22H28N4O2S/c1-23-22(26-14-13-19(16-26)18-5-3-2-4-6-18)24-15-17-7-11-21(12-8-17)29(27,28)25-20-9-10-20/h2-8,11-12,19-20,25H,9-10,13-16H2,1H3,(H,23,24). The second kappa shape index (κ2) is 8.55. The first-order valence-electron chi connectivity index (χ1n) is 10.2.